The van der Waals surface area contributed by atoms with Gasteiger partial charge in [-0.15, -0.1) is 24.8 Å². The molecule has 22 heavy (non-hydrogen) atoms. The van der Waals surface area contributed by atoms with Gasteiger partial charge in [0, 0.05) is 24.0 Å². The standard InChI is InChI=1S/C15H24ClN3O.2ClH/c1-11(9-17-2)15(20)18-10-14(19(3)4)12-7-5-6-8-13(12)16;;/h5-8,11,14,17H,9-10H2,1-4H3,(H,18,20);2*1H. The molecule has 0 spiro atoms. The maximum absolute atomic E-state index is 12.0. The Labute approximate surface area is 150 Å². The van der Waals surface area contributed by atoms with E-state index in [0.717, 1.165) is 10.6 Å². The monoisotopic (exact) mass is 369 g/mol. The summed E-state index contributed by atoms with van der Waals surface area (Å²) in [6, 6.07) is 7.80. The molecule has 2 atom stereocenters. The van der Waals surface area contributed by atoms with Gasteiger partial charge in [-0.25, -0.2) is 0 Å². The number of amides is 1. The topological polar surface area (TPSA) is 44.4 Å². The minimum absolute atomic E-state index is 0. The first-order chi connectivity index (χ1) is 9.47. The lowest BCUT2D eigenvalue weighted by molar-refractivity contribution is -0.124. The molecule has 1 amide bonds. The number of nitrogens with one attached hydrogen (secondary N) is 2. The van der Waals surface area contributed by atoms with Gasteiger partial charge in [-0.1, -0.05) is 36.7 Å². The zero-order valence-electron chi connectivity index (χ0n) is 13.4. The molecule has 0 saturated carbocycles. The van der Waals surface area contributed by atoms with E-state index < -0.39 is 0 Å². The molecule has 0 aromatic heterocycles. The average molecular weight is 371 g/mol. The molecule has 0 aliphatic rings. The SMILES string of the molecule is CNCC(C)C(=O)NCC(c1ccccc1Cl)N(C)C.Cl.Cl. The minimum Gasteiger partial charge on any atom is -0.354 e. The van der Waals surface area contributed by atoms with E-state index in [-0.39, 0.29) is 42.7 Å². The van der Waals surface area contributed by atoms with Crippen molar-refractivity contribution in [1.82, 2.24) is 15.5 Å². The van der Waals surface area contributed by atoms with Crippen LogP contribution in [-0.4, -0.2) is 45.0 Å². The highest BCUT2D eigenvalue weighted by Crippen LogP contribution is 2.25. The van der Waals surface area contributed by atoms with Gasteiger partial charge in [0.05, 0.1) is 6.04 Å². The molecule has 0 heterocycles. The molecule has 4 nitrogen and oxygen atoms in total. The average Bonchev–Trinajstić information content (AvgIpc) is 2.40. The number of likely N-dealkylation sites (N-methyl/N-ethyl adjacent to an activating group) is 1. The number of hydrogen-bond acceptors (Lipinski definition) is 3. The van der Waals surface area contributed by atoms with Crippen LogP contribution in [-0.2, 0) is 4.79 Å². The van der Waals surface area contributed by atoms with Crippen molar-refractivity contribution in [3.8, 4) is 0 Å². The van der Waals surface area contributed by atoms with Crippen LogP contribution < -0.4 is 10.6 Å². The molecule has 2 N–H and O–H groups in total. The third-order valence-electron chi connectivity index (χ3n) is 3.32. The first-order valence-corrected chi connectivity index (χ1v) is 7.18. The highest BCUT2D eigenvalue weighted by atomic mass is 35.5. The number of rotatable bonds is 7. The molecular weight excluding hydrogens is 345 g/mol. The number of halogens is 3. The largest absolute Gasteiger partial charge is 0.354 e. The fourth-order valence-corrected chi connectivity index (χ4v) is 2.35. The molecule has 128 valence electrons. The lowest BCUT2D eigenvalue weighted by Gasteiger charge is -2.26. The van der Waals surface area contributed by atoms with E-state index in [1.54, 1.807) is 0 Å². The van der Waals surface area contributed by atoms with E-state index in [4.69, 9.17) is 11.6 Å². The van der Waals surface area contributed by atoms with Crippen molar-refractivity contribution in [2.75, 3.05) is 34.2 Å². The molecule has 2 unspecified atom stereocenters. The zero-order chi connectivity index (χ0) is 15.1. The van der Waals surface area contributed by atoms with E-state index in [9.17, 15) is 4.79 Å². The van der Waals surface area contributed by atoms with Crippen molar-refractivity contribution in [2.24, 2.45) is 5.92 Å². The summed E-state index contributed by atoms with van der Waals surface area (Å²) in [7, 11) is 5.81. The second-order valence-electron chi connectivity index (χ2n) is 5.20. The summed E-state index contributed by atoms with van der Waals surface area (Å²) >= 11 is 6.24. The molecular formula is C15H26Cl3N3O. The number of benzene rings is 1. The Balaban J connectivity index is 0. The van der Waals surface area contributed by atoms with Gasteiger partial charge in [0.2, 0.25) is 5.91 Å². The molecule has 0 radical (unpaired) electrons. The summed E-state index contributed by atoms with van der Waals surface area (Å²) < 4.78 is 0. The molecule has 7 heteroatoms. The van der Waals surface area contributed by atoms with Gasteiger partial charge >= 0.3 is 0 Å². The highest BCUT2D eigenvalue weighted by molar-refractivity contribution is 6.31. The number of carbonyl (C=O) groups is 1. The van der Waals surface area contributed by atoms with Crippen molar-refractivity contribution >= 4 is 42.3 Å². The first-order valence-electron chi connectivity index (χ1n) is 6.80. The normalized spacial score (nSPS) is 12.8. The number of hydrogen-bond donors (Lipinski definition) is 2. The van der Waals surface area contributed by atoms with Crippen LogP contribution in [0.3, 0.4) is 0 Å². The van der Waals surface area contributed by atoms with Crippen LogP contribution in [0.15, 0.2) is 24.3 Å². The van der Waals surface area contributed by atoms with Crippen LogP contribution in [0.1, 0.15) is 18.5 Å². The van der Waals surface area contributed by atoms with Gasteiger partial charge in [0.25, 0.3) is 0 Å². The zero-order valence-corrected chi connectivity index (χ0v) is 15.8. The van der Waals surface area contributed by atoms with E-state index in [1.807, 2.05) is 52.3 Å². The van der Waals surface area contributed by atoms with Crippen LogP contribution in [0.5, 0.6) is 0 Å². The van der Waals surface area contributed by atoms with Gasteiger partial charge in [-0.05, 0) is 32.8 Å². The first kappa shape index (κ1) is 23.7. The predicted octanol–water partition coefficient (Wildman–Crippen LogP) is 2.76. The van der Waals surface area contributed by atoms with Crippen molar-refractivity contribution in [3.05, 3.63) is 34.9 Å². The Morgan fingerprint density at radius 3 is 2.32 bits per heavy atom. The summed E-state index contributed by atoms with van der Waals surface area (Å²) in [5, 5.41) is 6.73. The van der Waals surface area contributed by atoms with Crippen LogP contribution in [0.25, 0.3) is 0 Å². The Morgan fingerprint density at radius 1 is 1.23 bits per heavy atom. The van der Waals surface area contributed by atoms with Gasteiger partial charge in [-0.2, -0.15) is 0 Å². The number of nitrogens with zero attached hydrogens (tertiary/aromatic N) is 1. The summed E-state index contributed by atoms with van der Waals surface area (Å²) in [6.07, 6.45) is 0. The fraction of sp³-hybridized carbons (Fsp3) is 0.533. The van der Waals surface area contributed by atoms with E-state index in [1.165, 1.54) is 0 Å². The Kier molecular flexibility index (Phi) is 12.9. The molecule has 0 aliphatic heterocycles. The second-order valence-corrected chi connectivity index (χ2v) is 5.61. The summed E-state index contributed by atoms with van der Waals surface area (Å²) in [6.45, 7) is 3.13. The Morgan fingerprint density at radius 2 is 1.82 bits per heavy atom. The van der Waals surface area contributed by atoms with E-state index in [2.05, 4.69) is 15.5 Å². The lowest BCUT2D eigenvalue weighted by atomic mass is 10.1. The van der Waals surface area contributed by atoms with Gasteiger partial charge in [-0.3, -0.25) is 4.79 Å². The smallest absolute Gasteiger partial charge is 0.224 e. The third kappa shape index (κ3) is 7.16. The Hall–Kier alpha value is -0.520. The van der Waals surface area contributed by atoms with Gasteiger partial charge < -0.3 is 15.5 Å². The molecule has 0 aliphatic carbocycles. The van der Waals surface area contributed by atoms with Crippen molar-refractivity contribution < 1.29 is 4.79 Å². The quantitative estimate of drug-likeness (QED) is 0.775. The maximum atomic E-state index is 12.0. The summed E-state index contributed by atoms with van der Waals surface area (Å²) in [4.78, 5) is 14.0. The van der Waals surface area contributed by atoms with E-state index >= 15 is 0 Å². The van der Waals surface area contributed by atoms with Crippen molar-refractivity contribution in [2.45, 2.75) is 13.0 Å². The van der Waals surface area contributed by atoms with Crippen LogP contribution in [0, 0.1) is 5.92 Å². The molecule has 1 rings (SSSR count). The maximum Gasteiger partial charge on any atom is 0.224 e. The lowest BCUT2D eigenvalue weighted by Crippen LogP contribution is -2.39. The van der Waals surface area contributed by atoms with Crippen LogP contribution >= 0.6 is 36.4 Å². The number of carbonyl (C=O) groups excluding carboxylic acids is 1. The van der Waals surface area contributed by atoms with Gasteiger partial charge in [0.15, 0.2) is 0 Å². The summed E-state index contributed by atoms with van der Waals surface area (Å²) in [5.74, 6) is 0.00677. The van der Waals surface area contributed by atoms with Crippen molar-refractivity contribution in [1.29, 1.82) is 0 Å². The molecule has 0 fully saturated rings. The van der Waals surface area contributed by atoms with Crippen LogP contribution in [0.4, 0.5) is 0 Å². The third-order valence-corrected chi connectivity index (χ3v) is 3.66. The minimum atomic E-state index is -0.0472. The van der Waals surface area contributed by atoms with E-state index in [0.29, 0.717) is 13.1 Å². The fourth-order valence-electron chi connectivity index (χ4n) is 2.09. The molecule has 0 bridgehead atoms. The summed E-state index contributed by atoms with van der Waals surface area (Å²) in [5.41, 5.74) is 1.03. The predicted molar refractivity (Wildman–Crippen MR) is 98.5 cm³/mol. The van der Waals surface area contributed by atoms with Crippen LogP contribution in [0.2, 0.25) is 5.02 Å². The Bertz CT molecular complexity index is 444. The molecule has 1 aromatic carbocycles. The van der Waals surface area contributed by atoms with Gasteiger partial charge in [0.1, 0.15) is 0 Å². The molecule has 0 saturated heterocycles. The van der Waals surface area contributed by atoms with Crippen molar-refractivity contribution in [3.63, 3.8) is 0 Å². The molecule has 1 aromatic rings. The highest BCUT2D eigenvalue weighted by Gasteiger charge is 2.19. The second kappa shape index (κ2) is 12.0.